The molecule has 2 N–H and O–H groups in total. The predicted octanol–water partition coefficient (Wildman–Crippen LogP) is 2.50. The Morgan fingerprint density at radius 1 is 1.09 bits per heavy atom. The average Bonchev–Trinajstić information content (AvgIpc) is 3.21. The van der Waals surface area contributed by atoms with Gasteiger partial charge in [-0.3, -0.25) is 14.5 Å². The first kappa shape index (κ1) is 22.9. The van der Waals surface area contributed by atoms with Crippen LogP contribution in [0.3, 0.4) is 0 Å². The molecule has 0 spiro atoms. The summed E-state index contributed by atoms with van der Waals surface area (Å²) in [5, 5.41) is 8.98. The van der Waals surface area contributed by atoms with E-state index in [4.69, 9.17) is 0 Å². The molecule has 0 atom stereocenters. The maximum absolute atomic E-state index is 13.1. The van der Waals surface area contributed by atoms with Crippen LogP contribution in [0.1, 0.15) is 11.3 Å². The van der Waals surface area contributed by atoms with Crippen molar-refractivity contribution in [3.8, 4) is 5.69 Å². The van der Waals surface area contributed by atoms with Gasteiger partial charge in [-0.05, 0) is 44.3 Å². The molecule has 0 aliphatic carbocycles. The number of anilines is 2. The molecule has 2 aromatic heterocycles. The summed E-state index contributed by atoms with van der Waals surface area (Å²) in [6.45, 7) is 1.43. The number of carbonyl (C=O) groups excluding carboxylic acids is 2. The molecule has 3 aromatic rings. The predicted molar refractivity (Wildman–Crippen MR) is 110 cm³/mol. The number of aryl methyl sites for hydroxylation is 1. The van der Waals surface area contributed by atoms with E-state index in [1.54, 1.807) is 25.1 Å². The van der Waals surface area contributed by atoms with Crippen molar-refractivity contribution in [3.63, 3.8) is 0 Å². The van der Waals surface area contributed by atoms with Crippen molar-refractivity contribution in [2.45, 2.75) is 13.1 Å². The first-order chi connectivity index (χ1) is 15.1. The van der Waals surface area contributed by atoms with E-state index in [0.29, 0.717) is 5.82 Å². The van der Waals surface area contributed by atoms with E-state index in [1.807, 2.05) is 0 Å². The Balaban J connectivity index is 1.66. The van der Waals surface area contributed by atoms with Gasteiger partial charge >= 0.3 is 6.18 Å². The third-order valence-electron chi connectivity index (χ3n) is 4.25. The molecule has 0 saturated heterocycles. The van der Waals surface area contributed by atoms with Gasteiger partial charge in [-0.1, -0.05) is 6.07 Å². The molecule has 9 nitrogen and oxygen atoms in total. The van der Waals surface area contributed by atoms with Gasteiger partial charge in [-0.15, -0.1) is 0 Å². The van der Waals surface area contributed by atoms with Gasteiger partial charge < -0.3 is 10.6 Å². The van der Waals surface area contributed by atoms with Crippen LogP contribution in [0.4, 0.5) is 24.7 Å². The van der Waals surface area contributed by atoms with Gasteiger partial charge in [0.15, 0.2) is 0 Å². The number of halogens is 3. The Labute approximate surface area is 181 Å². The van der Waals surface area contributed by atoms with Gasteiger partial charge in [-0.2, -0.15) is 18.3 Å². The number of pyridine rings is 1. The second-order valence-corrected chi connectivity index (χ2v) is 7.00. The molecule has 3 rings (SSSR count). The van der Waals surface area contributed by atoms with Gasteiger partial charge in [0.05, 0.1) is 30.0 Å². The van der Waals surface area contributed by atoms with E-state index in [1.165, 1.54) is 35.4 Å². The summed E-state index contributed by atoms with van der Waals surface area (Å²) in [5.74, 6) is -0.607. The standard InChI is InChI=1S/C20H20F3N7O2/c1-13-4-3-5-17(26-13)28-19(32)10-29(2)9-18(31)27-15-8-14(20(21,22)23)6-7-16(15)30-12-24-11-25-30/h3-8,11-12H,9-10H2,1-2H3,(H,27,31)(H,26,28,32). The largest absolute Gasteiger partial charge is 0.416 e. The first-order valence-electron chi connectivity index (χ1n) is 9.40. The lowest BCUT2D eigenvalue weighted by Gasteiger charge is -2.18. The number of benzene rings is 1. The molecular formula is C20H20F3N7O2. The molecule has 0 radical (unpaired) electrons. The molecular weight excluding hydrogens is 427 g/mol. The number of nitrogens with zero attached hydrogens (tertiary/aromatic N) is 5. The van der Waals surface area contributed by atoms with Crippen LogP contribution in [-0.4, -0.2) is 56.6 Å². The topological polar surface area (TPSA) is 105 Å². The molecule has 2 amide bonds. The van der Waals surface area contributed by atoms with E-state index in [9.17, 15) is 22.8 Å². The van der Waals surface area contributed by atoms with Crippen LogP contribution in [0.15, 0.2) is 49.1 Å². The number of amides is 2. The Hall–Kier alpha value is -3.80. The SMILES string of the molecule is Cc1cccc(NC(=O)CN(C)CC(=O)Nc2cc(C(F)(F)F)ccc2-n2cncn2)n1. The monoisotopic (exact) mass is 447 g/mol. The van der Waals surface area contributed by atoms with Crippen LogP contribution in [-0.2, 0) is 15.8 Å². The molecule has 32 heavy (non-hydrogen) atoms. The number of hydrogen-bond acceptors (Lipinski definition) is 6. The molecule has 12 heteroatoms. The van der Waals surface area contributed by atoms with Crippen molar-refractivity contribution in [1.82, 2.24) is 24.6 Å². The van der Waals surface area contributed by atoms with Crippen molar-refractivity contribution < 1.29 is 22.8 Å². The second kappa shape index (κ2) is 9.56. The van der Waals surface area contributed by atoms with E-state index in [-0.39, 0.29) is 30.4 Å². The Morgan fingerprint density at radius 2 is 1.81 bits per heavy atom. The Bertz CT molecular complexity index is 1100. The maximum Gasteiger partial charge on any atom is 0.416 e. The number of hydrogen-bond donors (Lipinski definition) is 2. The quantitative estimate of drug-likeness (QED) is 0.577. The molecule has 0 bridgehead atoms. The lowest BCUT2D eigenvalue weighted by Crippen LogP contribution is -2.36. The summed E-state index contributed by atoms with van der Waals surface area (Å²) in [7, 11) is 1.54. The minimum absolute atomic E-state index is 0.0860. The summed E-state index contributed by atoms with van der Waals surface area (Å²) in [6, 6.07) is 8.08. The van der Waals surface area contributed by atoms with Crippen molar-refractivity contribution in [1.29, 1.82) is 0 Å². The number of carbonyl (C=O) groups is 2. The van der Waals surface area contributed by atoms with Gasteiger partial charge in [0.2, 0.25) is 11.8 Å². The van der Waals surface area contributed by atoms with Crippen molar-refractivity contribution >= 4 is 23.3 Å². The highest BCUT2D eigenvalue weighted by Gasteiger charge is 2.31. The molecule has 2 heterocycles. The fraction of sp³-hybridized carbons (Fsp3) is 0.250. The highest BCUT2D eigenvalue weighted by Crippen LogP contribution is 2.33. The van der Waals surface area contributed by atoms with Gasteiger partial charge in [-0.25, -0.2) is 14.6 Å². The van der Waals surface area contributed by atoms with Crippen LogP contribution in [0.2, 0.25) is 0 Å². The molecule has 0 aliphatic rings. The molecule has 0 unspecified atom stereocenters. The first-order valence-corrected chi connectivity index (χ1v) is 9.40. The average molecular weight is 447 g/mol. The second-order valence-electron chi connectivity index (χ2n) is 7.00. The number of nitrogens with one attached hydrogen (secondary N) is 2. The summed E-state index contributed by atoms with van der Waals surface area (Å²) in [5.41, 5.74) is -0.0539. The summed E-state index contributed by atoms with van der Waals surface area (Å²) in [4.78, 5) is 34.0. The van der Waals surface area contributed by atoms with Crippen molar-refractivity contribution in [2.24, 2.45) is 0 Å². The van der Waals surface area contributed by atoms with Crippen LogP contribution < -0.4 is 10.6 Å². The number of alkyl halides is 3. The molecule has 0 saturated carbocycles. The Kier molecular flexibility index (Phi) is 6.83. The zero-order chi connectivity index (χ0) is 23.3. The van der Waals surface area contributed by atoms with Gasteiger partial charge in [0.1, 0.15) is 18.5 Å². The van der Waals surface area contributed by atoms with Crippen molar-refractivity contribution in [3.05, 3.63) is 60.3 Å². The smallest absolute Gasteiger partial charge is 0.323 e. The minimum Gasteiger partial charge on any atom is -0.323 e. The van der Waals surface area contributed by atoms with E-state index in [2.05, 4.69) is 25.7 Å². The zero-order valence-corrected chi connectivity index (χ0v) is 17.2. The summed E-state index contributed by atoms with van der Waals surface area (Å²) >= 11 is 0. The lowest BCUT2D eigenvalue weighted by atomic mass is 10.1. The van der Waals surface area contributed by atoms with Crippen LogP contribution in [0.25, 0.3) is 5.69 Å². The van der Waals surface area contributed by atoms with E-state index >= 15 is 0 Å². The normalized spacial score (nSPS) is 11.4. The molecule has 168 valence electrons. The van der Waals surface area contributed by atoms with E-state index in [0.717, 1.165) is 17.8 Å². The highest BCUT2D eigenvalue weighted by atomic mass is 19.4. The Morgan fingerprint density at radius 3 is 2.44 bits per heavy atom. The molecule has 1 aromatic carbocycles. The third-order valence-corrected chi connectivity index (χ3v) is 4.25. The van der Waals surface area contributed by atoms with Crippen LogP contribution in [0.5, 0.6) is 0 Å². The fourth-order valence-corrected chi connectivity index (χ4v) is 2.88. The van der Waals surface area contributed by atoms with Crippen LogP contribution >= 0.6 is 0 Å². The van der Waals surface area contributed by atoms with E-state index < -0.39 is 17.6 Å². The molecule has 0 aliphatic heterocycles. The number of rotatable bonds is 7. The zero-order valence-electron chi connectivity index (χ0n) is 17.2. The van der Waals surface area contributed by atoms with Gasteiger partial charge in [0.25, 0.3) is 0 Å². The summed E-state index contributed by atoms with van der Waals surface area (Å²) < 4.78 is 40.6. The van der Waals surface area contributed by atoms with Crippen LogP contribution in [0, 0.1) is 6.92 Å². The highest BCUT2D eigenvalue weighted by molar-refractivity contribution is 5.95. The summed E-state index contributed by atoms with van der Waals surface area (Å²) in [6.07, 6.45) is -2.06. The number of aromatic nitrogens is 4. The van der Waals surface area contributed by atoms with Gasteiger partial charge in [0, 0.05) is 5.69 Å². The maximum atomic E-state index is 13.1. The number of likely N-dealkylation sites (N-methyl/N-ethyl adjacent to an activating group) is 1. The fourth-order valence-electron chi connectivity index (χ4n) is 2.88. The third kappa shape index (κ3) is 6.11. The minimum atomic E-state index is -4.58. The molecule has 0 fully saturated rings. The van der Waals surface area contributed by atoms with Crippen molar-refractivity contribution in [2.75, 3.05) is 30.8 Å². The lowest BCUT2D eigenvalue weighted by molar-refractivity contribution is -0.137.